The molecule has 4 nitrogen and oxygen atoms in total. The van der Waals surface area contributed by atoms with Crippen LogP contribution in [-0.4, -0.2) is 35.8 Å². The Balaban J connectivity index is 2.19. The van der Waals surface area contributed by atoms with E-state index in [1.54, 1.807) is 11.8 Å². The van der Waals surface area contributed by atoms with Gasteiger partial charge in [-0.25, -0.2) is 0 Å². The van der Waals surface area contributed by atoms with Crippen molar-refractivity contribution in [3.05, 3.63) is 0 Å². The third-order valence-corrected chi connectivity index (χ3v) is 4.04. The first-order valence-electron chi connectivity index (χ1n) is 8.21. The summed E-state index contributed by atoms with van der Waals surface area (Å²) >= 11 is 0. The second-order valence-electron chi connectivity index (χ2n) is 5.78. The fraction of sp³-hybridized carbons (Fsp3) is 0.875. The van der Waals surface area contributed by atoms with Crippen molar-refractivity contribution in [1.29, 1.82) is 0 Å². The van der Waals surface area contributed by atoms with Crippen LogP contribution in [0.4, 0.5) is 0 Å². The van der Waals surface area contributed by atoms with Gasteiger partial charge in [-0.15, -0.1) is 0 Å². The van der Waals surface area contributed by atoms with Crippen molar-refractivity contribution in [3.8, 4) is 0 Å². The van der Waals surface area contributed by atoms with Crippen molar-refractivity contribution in [2.24, 2.45) is 0 Å². The number of hydrogen-bond donors (Lipinski definition) is 1. The fourth-order valence-electron chi connectivity index (χ4n) is 2.82. The van der Waals surface area contributed by atoms with Crippen LogP contribution in [0.5, 0.6) is 0 Å². The minimum Gasteiger partial charge on any atom is -0.354 e. The molecule has 4 heteroatoms. The van der Waals surface area contributed by atoms with Crippen LogP contribution >= 0.6 is 0 Å². The smallest absolute Gasteiger partial charge is 0.242 e. The number of nitrogens with one attached hydrogen (secondary N) is 1. The van der Waals surface area contributed by atoms with Crippen molar-refractivity contribution in [2.75, 3.05) is 13.1 Å². The van der Waals surface area contributed by atoms with Crippen LogP contribution in [0.25, 0.3) is 0 Å². The molecular formula is C16H30N2O2. The molecule has 0 bridgehead atoms. The number of unbranched alkanes of at least 4 members (excludes halogenated alkanes) is 5. The Hall–Kier alpha value is -1.06. The van der Waals surface area contributed by atoms with Gasteiger partial charge in [-0.05, 0) is 25.7 Å². The molecule has 1 aliphatic rings. The van der Waals surface area contributed by atoms with Crippen LogP contribution in [0.1, 0.15) is 71.6 Å². The van der Waals surface area contributed by atoms with E-state index in [4.69, 9.17) is 0 Å². The molecule has 0 radical (unpaired) electrons. The third-order valence-electron chi connectivity index (χ3n) is 4.04. The van der Waals surface area contributed by atoms with E-state index < -0.39 is 0 Å². The van der Waals surface area contributed by atoms with E-state index in [0.29, 0.717) is 0 Å². The number of hydrogen-bond acceptors (Lipinski definition) is 2. The average Bonchev–Trinajstić information content (AvgIpc) is 2.46. The first-order valence-corrected chi connectivity index (χ1v) is 8.21. The monoisotopic (exact) mass is 282 g/mol. The maximum Gasteiger partial charge on any atom is 0.242 e. The summed E-state index contributed by atoms with van der Waals surface area (Å²) in [5.74, 6) is 0.0536. The van der Waals surface area contributed by atoms with Gasteiger partial charge < -0.3 is 10.2 Å². The molecule has 2 amide bonds. The SMILES string of the molecule is CCCCCCCCNC(=O)[C@H]1CCCCN1C(C)=O. The molecule has 1 fully saturated rings. The van der Waals surface area contributed by atoms with Gasteiger partial charge in [0.15, 0.2) is 0 Å². The van der Waals surface area contributed by atoms with Crippen LogP contribution in [0.3, 0.4) is 0 Å². The van der Waals surface area contributed by atoms with Gasteiger partial charge in [0.2, 0.25) is 11.8 Å². The molecule has 0 aromatic rings. The van der Waals surface area contributed by atoms with E-state index in [1.165, 1.54) is 32.1 Å². The Bertz CT molecular complexity index is 305. The first-order chi connectivity index (χ1) is 9.66. The normalized spacial score (nSPS) is 18.9. The maximum absolute atomic E-state index is 12.1. The van der Waals surface area contributed by atoms with Crippen molar-refractivity contribution in [1.82, 2.24) is 10.2 Å². The molecule has 116 valence electrons. The van der Waals surface area contributed by atoms with Crippen LogP contribution in [0.2, 0.25) is 0 Å². The molecule has 20 heavy (non-hydrogen) atoms. The van der Waals surface area contributed by atoms with E-state index in [1.807, 2.05) is 0 Å². The number of carbonyl (C=O) groups excluding carboxylic acids is 2. The summed E-state index contributed by atoms with van der Waals surface area (Å²) in [6, 6.07) is -0.235. The number of nitrogens with zero attached hydrogens (tertiary/aromatic N) is 1. The largest absolute Gasteiger partial charge is 0.354 e. The second kappa shape index (κ2) is 9.78. The number of piperidine rings is 1. The van der Waals surface area contributed by atoms with Gasteiger partial charge in [0.1, 0.15) is 6.04 Å². The highest BCUT2D eigenvalue weighted by atomic mass is 16.2. The standard InChI is InChI=1S/C16H30N2O2/c1-3-4-5-6-7-9-12-17-16(20)15-11-8-10-13-18(15)14(2)19/h15H,3-13H2,1-2H3,(H,17,20)/t15-/m1/s1. The lowest BCUT2D eigenvalue weighted by Crippen LogP contribution is -2.51. The summed E-state index contributed by atoms with van der Waals surface area (Å²) in [7, 11) is 0. The molecule has 1 saturated heterocycles. The lowest BCUT2D eigenvalue weighted by Gasteiger charge is -2.33. The van der Waals surface area contributed by atoms with Crippen LogP contribution in [0, 0.1) is 0 Å². The fourth-order valence-corrected chi connectivity index (χ4v) is 2.82. The molecule has 1 aliphatic heterocycles. The van der Waals surface area contributed by atoms with Crippen molar-refractivity contribution in [2.45, 2.75) is 77.7 Å². The van der Waals surface area contributed by atoms with Crippen LogP contribution < -0.4 is 5.32 Å². The van der Waals surface area contributed by atoms with E-state index in [2.05, 4.69) is 12.2 Å². The molecule has 0 saturated carbocycles. The topological polar surface area (TPSA) is 49.4 Å². The third kappa shape index (κ3) is 5.93. The van der Waals surface area contributed by atoms with Gasteiger partial charge in [0, 0.05) is 20.0 Å². The molecule has 0 aromatic heterocycles. The minimum absolute atomic E-state index is 0.0180. The predicted molar refractivity (Wildman–Crippen MR) is 81.4 cm³/mol. The van der Waals surface area contributed by atoms with Crippen molar-refractivity contribution >= 4 is 11.8 Å². The molecule has 1 rings (SSSR count). The highest BCUT2D eigenvalue weighted by Crippen LogP contribution is 2.17. The van der Waals surface area contributed by atoms with E-state index in [-0.39, 0.29) is 17.9 Å². The maximum atomic E-state index is 12.1. The molecule has 1 N–H and O–H groups in total. The highest BCUT2D eigenvalue weighted by molar-refractivity contribution is 5.87. The molecule has 0 aliphatic carbocycles. The number of carbonyl (C=O) groups is 2. The molecule has 0 unspecified atom stereocenters. The lowest BCUT2D eigenvalue weighted by atomic mass is 10.0. The molecule has 0 spiro atoms. The first kappa shape index (κ1) is 17.0. The summed E-state index contributed by atoms with van der Waals surface area (Å²) in [6.45, 7) is 5.24. The van der Waals surface area contributed by atoms with Gasteiger partial charge in [-0.2, -0.15) is 0 Å². The van der Waals surface area contributed by atoms with Gasteiger partial charge >= 0.3 is 0 Å². The van der Waals surface area contributed by atoms with Gasteiger partial charge in [-0.3, -0.25) is 9.59 Å². The zero-order valence-electron chi connectivity index (χ0n) is 13.1. The Morgan fingerprint density at radius 2 is 1.80 bits per heavy atom. The number of rotatable bonds is 8. The zero-order chi connectivity index (χ0) is 14.8. The van der Waals surface area contributed by atoms with E-state index in [0.717, 1.165) is 38.8 Å². The quantitative estimate of drug-likeness (QED) is 0.696. The summed E-state index contributed by atoms with van der Waals surface area (Å²) in [6.07, 6.45) is 10.2. The summed E-state index contributed by atoms with van der Waals surface area (Å²) in [5, 5.41) is 3.00. The second-order valence-corrected chi connectivity index (χ2v) is 5.78. The molecule has 0 aromatic carbocycles. The summed E-state index contributed by atoms with van der Waals surface area (Å²) in [4.78, 5) is 25.4. The van der Waals surface area contributed by atoms with Crippen molar-refractivity contribution < 1.29 is 9.59 Å². The number of likely N-dealkylation sites (tertiary alicyclic amines) is 1. The Kier molecular flexibility index (Phi) is 8.31. The van der Waals surface area contributed by atoms with Gasteiger partial charge in [0.25, 0.3) is 0 Å². The molecule has 1 atom stereocenters. The minimum atomic E-state index is -0.235. The van der Waals surface area contributed by atoms with E-state index in [9.17, 15) is 9.59 Å². The predicted octanol–water partition coefficient (Wildman–Crippen LogP) is 2.86. The Morgan fingerprint density at radius 1 is 1.10 bits per heavy atom. The lowest BCUT2D eigenvalue weighted by molar-refractivity contribution is -0.140. The van der Waals surface area contributed by atoms with Crippen LogP contribution in [0.15, 0.2) is 0 Å². The number of amides is 2. The summed E-state index contributed by atoms with van der Waals surface area (Å²) < 4.78 is 0. The summed E-state index contributed by atoms with van der Waals surface area (Å²) in [5.41, 5.74) is 0. The highest BCUT2D eigenvalue weighted by Gasteiger charge is 2.29. The molecule has 1 heterocycles. The van der Waals surface area contributed by atoms with Crippen molar-refractivity contribution in [3.63, 3.8) is 0 Å². The van der Waals surface area contributed by atoms with Gasteiger partial charge in [0.05, 0.1) is 0 Å². The van der Waals surface area contributed by atoms with E-state index >= 15 is 0 Å². The van der Waals surface area contributed by atoms with Crippen LogP contribution in [-0.2, 0) is 9.59 Å². The Labute approximate surface area is 123 Å². The zero-order valence-corrected chi connectivity index (χ0v) is 13.1. The molecular weight excluding hydrogens is 252 g/mol. The average molecular weight is 282 g/mol. The Morgan fingerprint density at radius 3 is 2.50 bits per heavy atom. The van der Waals surface area contributed by atoms with Gasteiger partial charge in [-0.1, -0.05) is 39.0 Å².